The maximum Gasteiger partial charge on any atom is 0.207 e. The highest BCUT2D eigenvalue weighted by Crippen LogP contribution is 2.25. The summed E-state index contributed by atoms with van der Waals surface area (Å²) in [6, 6.07) is 19.2. The SMILES string of the molecule is C/C=C\N1C=C(c2ccccc2)C(=O)C(Oc2ccccc2)C1. The third-order valence-electron chi connectivity index (χ3n) is 3.68. The van der Waals surface area contributed by atoms with Gasteiger partial charge < -0.3 is 9.64 Å². The van der Waals surface area contributed by atoms with Crippen LogP contribution in [0.5, 0.6) is 5.75 Å². The van der Waals surface area contributed by atoms with Gasteiger partial charge in [0, 0.05) is 11.8 Å². The number of allylic oxidation sites excluding steroid dienone is 1. The Bertz CT molecular complexity index is 720. The molecule has 0 N–H and O–H groups in total. The average Bonchev–Trinajstić information content (AvgIpc) is 2.59. The van der Waals surface area contributed by atoms with Crippen molar-refractivity contribution < 1.29 is 9.53 Å². The lowest BCUT2D eigenvalue weighted by Gasteiger charge is -2.30. The molecule has 3 heteroatoms. The van der Waals surface area contributed by atoms with Crippen LogP contribution in [0.3, 0.4) is 0 Å². The molecule has 0 saturated carbocycles. The Hall–Kier alpha value is -2.81. The van der Waals surface area contributed by atoms with Gasteiger partial charge in [-0.2, -0.15) is 0 Å². The number of ether oxygens (including phenoxy) is 1. The van der Waals surface area contributed by atoms with Crippen LogP contribution in [0.1, 0.15) is 12.5 Å². The van der Waals surface area contributed by atoms with Gasteiger partial charge in [0.05, 0.1) is 6.54 Å². The second-order valence-electron chi connectivity index (χ2n) is 5.37. The molecule has 0 spiro atoms. The highest BCUT2D eigenvalue weighted by atomic mass is 16.5. The van der Waals surface area contributed by atoms with E-state index in [-0.39, 0.29) is 5.78 Å². The van der Waals surface area contributed by atoms with E-state index in [4.69, 9.17) is 4.74 Å². The number of Topliss-reactive ketones (excluding diaryl/α,β-unsaturated/α-hetero) is 1. The molecule has 0 aliphatic carbocycles. The van der Waals surface area contributed by atoms with Gasteiger partial charge >= 0.3 is 0 Å². The Balaban J connectivity index is 1.91. The molecule has 0 saturated heterocycles. The first-order valence-corrected chi connectivity index (χ1v) is 7.69. The van der Waals surface area contributed by atoms with Gasteiger partial charge in [-0.15, -0.1) is 0 Å². The van der Waals surface area contributed by atoms with E-state index < -0.39 is 6.10 Å². The van der Waals surface area contributed by atoms with Crippen LogP contribution in [-0.2, 0) is 4.79 Å². The standard InChI is InChI=1S/C20H19NO2/c1-2-13-21-14-18(16-9-5-3-6-10-16)20(22)19(15-21)23-17-11-7-4-8-12-17/h2-14,19H,15H2,1H3/b13-2-. The third-order valence-corrected chi connectivity index (χ3v) is 3.68. The van der Waals surface area contributed by atoms with E-state index >= 15 is 0 Å². The van der Waals surface area contributed by atoms with Crippen LogP contribution < -0.4 is 4.74 Å². The molecule has 0 fully saturated rings. The lowest BCUT2D eigenvalue weighted by molar-refractivity contribution is -0.121. The van der Waals surface area contributed by atoms with Crippen LogP contribution in [0.25, 0.3) is 5.57 Å². The molecule has 3 rings (SSSR count). The van der Waals surface area contributed by atoms with Crippen molar-refractivity contribution in [3.63, 3.8) is 0 Å². The Labute approximate surface area is 136 Å². The zero-order valence-electron chi connectivity index (χ0n) is 13.1. The zero-order chi connectivity index (χ0) is 16.1. The summed E-state index contributed by atoms with van der Waals surface area (Å²) in [5.41, 5.74) is 1.59. The van der Waals surface area contributed by atoms with E-state index in [1.165, 1.54) is 0 Å². The normalized spacial score (nSPS) is 18.1. The first-order chi connectivity index (χ1) is 11.3. The Morgan fingerprint density at radius 2 is 1.70 bits per heavy atom. The monoisotopic (exact) mass is 305 g/mol. The molecule has 1 unspecified atom stereocenters. The summed E-state index contributed by atoms with van der Waals surface area (Å²) in [4.78, 5) is 14.8. The predicted molar refractivity (Wildman–Crippen MR) is 91.8 cm³/mol. The molecule has 1 heterocycles. The van der Waals surface area contributed by atoms with Gasteiger partial charge in [-0.25, -0.2) is 0 Å². The topological polar surface area (TPSA) is 29.5 Å². The molecule has 0 aromatic heterocycles. The van der Waals surface area contributed by atoms with Crippen LogP contribution in [0.4, 0.5) is 0 Å². The minimum absolute atomic E-state index is 0.0146. The smallest absolute Gasteiger partial charge is 0.207 e. The molecular formula is C20H19NO2. The van der Waals surface area contributed by atoms with Gasteiger partial charge in [0.1, 0.15) is 5.75 Å². The molecular weight excluding hydrogens is 286 g/mol. The highest BCUT2D eigenvalue weighted by molar-refractivity contribution is 6.23. The average molecular weight is 305 g/mol. The fraction of sp³-hybridized carbons (Fsp3) is 0.150. The number of para-hydroxylation sites is 1. The quantitative estimate of drug-likeness (QED) is 0.858. The number of hydrogen-bond donors (Lipinski definition) is 0. The molecule has 0 bridgehead atoms. The summed E-state index contributed by atoms with van der Waals surface area (Å²) in [6.07, 6.45) is 5.28. The summed E-state index contributed by atoms with van der Waals surface area (Å²) in [6.45, 7) is 2.47. The summed E-state index contributed by atoms with van der Waals surface area (Å²) in [5.74, 6) is 0.724. The van der Waals surface area contributed by atoms with Crippen molar-refractivity contribution in [2.75, 3.05) is 6.54 Å². The Morgan fingerprint density at radius 1 is 1.04 bits per heavy atom. The van der Waals surface area contributed by atoms with E-state index in [1.807, 2.05) is 91.0 Å². The second kappa shape index (κ2) is 6.97. The van der Waals surface area contributed by atoms with Crippen molar-refractivity contribution in [1.29, 1.82) is 0 Å². The molecule has 1 atom stereocenters. The lowest BCUT2D eigenvalue weighted by Crippen LogP contribution is -2.41. The van der Waals surface area contributed by atoms with E-state index in [9.17, 15) is 4.79 Å². The van der Waals surface area contributed by atoms with Crippen molar-refractivity contribution in [3.05, 3.63) is 84.7 Å². The summed E-state index contributed by atoms with van der Waals surface area (Å²) in [7, 11) is 0. The largest absolute Gasteiger partial charge is 0.480 e. The van der Waals surface area contributed by atoms with Gasteiger partial charge in [0.25, 0.3) is 0 Å². The summed E-state index contributed by atoms with van der Waals surface area (Å²) >= 11 is 0. The predicted octanol–water partition coefficient (Wildman–Crippen LogP) is 3.89. The fourth-order valence-electron chi connectivity index (χ4n) is 2.61. The van der Waals surface area contributed by atoms with Gasteiger partial charge in [0.15, 0.2) is 6.10 Å². The van der Waals surface area contributed by atoms with Crippen LogP contribution in [0.2, 0.25) is 0 Å². The number of ketones is 1. The first-order valence-electron chi connectivity index (χ1n) is 7.69. The molecule has 0 radical (unpaired) electrons. The molecule has 23 heavy (non-hydrogen) atoms. The summed E-state index contributed by atoms with van der Waals surface area (Å²) < 4.78 is 5.93. The van der Waals surface area contributed by atoms with Gasteiger partial charge in [-0.1, -0.05) is 54.6 Å². The van der Waals surface area contributed by atoms with Gasteiger partial charge in [0.2, 0.25) is 5.78 Å². The lowest BCUT2D eigenvalue weighted by atomic mass is 9.96. The number of rotatable bonds is 4. The summed E-state index contributed by atoms with van der Waals surface area (Å²) in [5, 5.41) is 0. The van der Waals surface area contributed by atoms with Gasteiger partial charge in [-0.05, 0) is 30.8 Å². The Kier molecular flexibility index (Phi) is 4.57. The maximum atomic E-state index is 12.8. The minimum Gasteiger partial charge on any atom is -0.480 e. The highest BCUT2D eigenvalue weighted by Gasteiger charge is 2.30. The van der Waals surface area contributed by atoms with Crippen molar-refractivity contribution >= 4 is 11.4 Å². The molecule has 2 aromatic carbocycles. The zero-order valence-corrected chi connectivity index (χ0v) is 13.1. The van der Waals surface area contributed by atoms with Crippen molar-refractivity contribution in [1.82, 2.24) is 4.90 Å². The third kappa shape index (κ3) is 3.51. The number of carbonyl (C=O) groups excluding carboxylic acids is 1. The van der Waals surface area contributed by atoms with Crippen LogP contribution in [0, 0.1) is 0 Å². The van der Waals surface area contributed by atoms with Crippen molar-refractivity contribution in [2.45, 2.75) is 13.0 Å². The van der Waals surface area contributed by atoms with Crippen molar-refractivity contribution in [3.8, 4) is 5.75 Å². The molecule has 2 aromatic rings. The van der Waals surface area contributed by atoms with Crippen LogP contribution >= 0.6 is 0 Å². The number of carbonyl (C=O) groups is 1. The van der Waals surface area contributed by atoms with Crippen LogP contribution in [-0.4, -0.2) is 23.3 Å². The molecule has 1 aliphatic rings. The Morgan fingerprint density at radius 3 is 2.35 bits per heavy atom. The maximum absolute atomic E-state index is 12.8. The van der Waals surface area contributed by atoms with Crippen LogP contribution in [0.15, 0.2) is 79.1 Å². The second-order valence-corrected chi connectivity index (χ2v) is 5.37. The van der Waals surface area contributed by atoms with E-state index in [1.54, 1.807) is 0 Å². The number of hydrogen-bond acceptors (Lipinski definition) is 3. The van der Waals surface area contributed by atoms with Crippen molar-refractivity contribution in [2.24, 2.45) is 0 Å². The van der Waals surface area contributed by atoms with E-state index in [0.717, 1.165) is 5.56 Å². The minimum atomic E-state index is -0.520. The number of nitrogens with zero attached hydrogens (tertiary/aromatic N) is 1. The molecule has 3 nitrogen and oxygen atoms in total. The number of benzene rings is 2. The molecule has 1 aliphatic heterocycles. The fourth-order valence-corrected chi connectivity index (χ4v) is 2.61. The van der Waals surface area contributed by atoms with E-state index in [0.29, 0.717) is 17.9 Å². The first kappa shape index (κ1) is 15.1. The van der Waals surface area contributed by atoms with E-state index in [2.05, 4.69) is 0 Å². The molecule has 0 amide bonds. The molecule has 116 valence electrons. The van der Waals surface area contributed by atoms with Gasteiger partial charge in [-0.3, -0.25) is 4.79 Å².